The van der Waals surface area contributed by atoms with Gasteiger partial charge >= 0.3 is 5.97 Å². The van der Waals surface area contributed by atoms with E-state index in [4.69, 9.17) is 11.6 Å². The maximum Gasteiger partial charge on any atom is 0.306 e. The number of rotatable bonds is 6. The van der Waals surface area contributed by atoms with Gasteiger partial charge in [0, 0.05) is 48.3 Å². The van der Waals surface area contributed by atoms with Gasteiger partial charge in [-0.3, -0.25) is 9.59 Å². The van der Waals surface area contributed by atoms with Gasteiger partial charge in [-0.05, 0) is 89.0 Å². The van der Waals surface area contributed by atoms with E-state index in [1.165, 1.54) is 5.56 Å². The van der Waals surface area contributed by atoms with E-state index in [-0.39, 0.29) is 17.4 Å². The van der Waals surface area contributed by atoms with Crippen LogP contribution in [-0.2, 0) is 9.59 Å². The Balaban J connectivity index is 1.34. The molecule has 182 valence electrons. The molecule has 1 aromatic rings. The number of nitrogens with zero attached hydrogens (tertiary/aromatic N) is 2. The van der Waals surface area contributed by atoms with Crippen LogP contribution < -0.4 is 10.2 Å². The molecule has 2 unspecified atom stereocenters. The standard InChI is InChI=1S/C26H38ClN3O3/c1-26(2,3)28-16-19-14-22(19)24(31)30-12-6-17(7-13-30)21-5-4-20(27)15-23(21)29-10-8-18(9-11-29)25(32)33/h4-5,15,17-19,22,28H,6-14,16H2,1-3H3,(H,32,33). The van der Waals surface area contributed by atoms with Crippen molar-refractivity contribution in [1.82, 2.24) is 10.2 Å². The number of anilines is 1. The molecule has 2 atom stereocenters. The summed E-state index contributed by atoms with van der Waals surface area (Å²) >= 11 is 6.35. The third-order valence-corrected chi connectivity index (χ3v) is 7.79. The first kappa shape index (κ1) is 24.3. The van der Waals surface area contributed by atoms with Gasteiger partial charge in [-0.15, -0.1) is 0 Å². The molecule has 0 aromatic heterocycles. The van der Waals surface area contributed by atoms with Crippen molar-refractivity contribution < 1.29 is 14.7 Å². The van der Waals surface area contributed by atoms with Gasteiger partial charge in [0.15, 0.2) is 0 Å². The summed E-state index contributed by atoms with van der Waals surface area (Å²) in [5, 5.41) is 13.6. The number of halogens is 1. The maximum absolute atomic E-state index is 13.0. The summed E-state index contributed by atoms with van der Waals surface area (Å²) in [6.45, 7) is 10.5. The van der Waals surface area contributed by atoms with Gasteiger partial charge in [-0.25, -0.2) is 0 Å². The molecular formula is C26H38ClN3O3. The second-order valence-electron chi connectivity index (χ2n) is 11.1. The quantitative estimate of drug-likeness (QED) is 0.639. The minimum absolute atomic E-state index is 0.0910. The van der Waals surface area contributed by atoms with Crippen LogP contribution in [0, 0.1) is 17.8 Å². The van der Waals surface area contributed by atoms with Crippen LogP contribution in [0.25, 0.3) is 0 Å². The molecule has 0 radical (unpaired) electrons. The molecule has 1 saturated carbocycles. The Morgan fingerprint density at radius 2 is 1.76 bits per heavy atom. The van der Waals surface area contributed by atoms with Crippen LogP contribution in [-0.4, -0.2) is 60.1 Å². The van der Waals surface area contributed by atoms with E-state index in [1.54, 1.807) is 0 Å². The number of nitrogens with one attached hydrogen (secondary N) is 1. The SMILES string of the molecule is CC(C)(C)NCC1CC1C(=O)N1CCC(c2ccc(Cl)cc2N2CCC(C(=O)O)CC2)CC1. The molecule has 1 aromatic carbocycles. The van der Waals surface area contributed by atoms with Crippen LogP contribution in [0.5, 0.6) is 0 Å². The first-order valence-electron chi connectivity index (χ1n) is 12.4. The van der Waals surface area contributed by atoms with Gasteiger partial charge in [0.25, 0.3) is 0 Å². The Bertz CT molecular complexity index is 868. The Morgan fingerprint density at radius 1 is 1.09 bits per heavy atom. The van der Waals surface area contributed by atoms with Crippen LogP contribution >= 0.6 is 11.6 Å². The Kier molecular flexibility index (Phi) is 7.25. The minimum Gasteiger partial charge on any atom is -0.481 e. The van der Waals surface area contributed by atoms with Crippen molar-refractivity contribution in [2.24, 2.45) is 17.8 Å². The first-order valence-corrected chi connectivity index (χ1v) is 12.8. The van der Waals surface area contributed by atoms with Crippen molar-refractivity contribution in [2.45, 2.75) is 64.3 Å². The van der Waals surface area contributed by atoms with Crippen LogP contribution in [0.2, 0.25) is 5.02 Å². The lowest BCUT2D eigenvalue weighted by molar-refractivity contribution is -0.142. The molecule has 0 spiro atoms. The predicted molar refractivity (Wildman–Crippen MR) is 132 cm³/mol. The monoisotopic (exact) mass is 475 g/mol. The molecule has 6 nitrogen and oxygen atoms in total. The second kappa shape index (κ2) is 9.83. The summed E-state index contributed by atoms with van der Waals surface area (Å²) in [6, 6.07) is 6.13. The summed E-state index contributed by atoms with van der Waals surface area (Å²) in [6.07, 6.45) is 4.27. The summed E-state index contributed by atoms with van der Waals surface area (Å²) in [7, 11) is 0. The highest BCUT2D eigenvalue weighted by Crippen LogP contribution is 2.42. The van der Waals surface area contributed by atoms with Gasteiger partial charge < -0.3 is 20.2 Å². The largest absolute Gasteiger partial charge is 0.481 e. The Labute approximate surface area is 202 Å². The molecule has 7 heteroatoms. The normalized spacial score (nSPS) is 24.7. The predicted octanol–water partition coefficient (Wildman–Crippen LogP) is 4.37. The lowest BCUT2D eigenvalue weighted by Crippen LogP contribution is -2.41. The number of amides is 1. The van der Waals surface area contributed by atoms with Gasteiger partial charge in [-0.1, -0.05) is 17.7 Å². The second-order valence-corrected chi connectivity index (χ2v) is 11.6. The van der Waals surface area contributed by atoms with Crippen molar-refractivity contribution in [3.05, 3.63) is 28.8 Å². The lowest BCUT2D eigenvalue weighted by atomic mass is 9.87. The number of likely N-dealkylation sites (tertiary alicyclic amines) is 1. The van der Waals surface area contributed by atoms with E-state index in [0.29, 0.717) is 35.6 Å². The number of aliphatic carboxylic acids is 1. The van der Waals surface area contributed by atoms with Crippen LogP contribution in [0.3, 0.4) is 0 Å². The van der Waals surface area contributed by atoms with Crippen molar-refractivity contribution in [3.8, 4) is 0 Å². The zero-order valence-corrected chi connectivity index (χ0v) is 20.9. The number of carbonyl (C=O) groups excluding carboxylic acids is 1. The van der Waals surface area contributed by atoms with Crippen molar-refractivity contribution >= 4 is 29.2 Å². The molecule has 3 aliphatic rings. The Morgan fingerprint density at radius 3 is 2.36 bits per heavy atom. The van der Waals surface area contributed by atoms with Gasteiger partial charge in [0.2, 0.25) is 5.91 Å². The summed E-state index contributed by atoms with van der Waals surface area (Å²) < 4.78 is 0. The molecule has 1 amide bonds. The third kappa shape index (κ3) is 6.02. The number of hydrogen-bond donors (Lipinski definition) is 2. The average molecular weight is 476 g/mol. The third-order valence-electron chi connectivity index (χ3n) is 7.56. The molecule has 4 rings (SSSR count). The average Bonchev–Trinajstić information content (AvgIpc) is 3.57. The van der Waals surface area contributed by atoms with Gasteiger partial charge in [0.05, 0.1) is 5.92 Å². The molecule has 3 fully saturated rings. The fraction of sp³-hybridized carbons (Fsp3) is 0.692. The van der Waals surface area contributed by atoms with E-state index < -0.39 is 5.97 Å². The van der Waals surface area contributed by atoms with Gasteiger partial charge in [0.1, 0.15) is 0 Å². The van der Waals surface area contributed by atoms with Crippen molar-refractivity contribution in [3.63, 3.8) is 0 Å². The number of hydrogen-bond acceptors (Lipinski definition) is 4. The molecule has 2 heterocycles. The first-order chi connectivity index (χ1) is 15.6. The van der Waals surface area contributed by atoms with E-state index in [9.17, 15) is 14.7 Å². The van der Waals surface area contributed by atoms with E-state index in [1.807, 2.05) is 12.1 Å². The summed E-state index contributed by atoms with van der Waals surface area (Å²) in [5.74, 6) is 0.467. The summed E-state index contributed by atoms with van der Waals surface area (Å²) in [4.78, 5) is 28.7. The number of carboxylic acid groups (broad SMARTS) is 1. The highest BCUT2D eigenvalue weighted by Gasteiger charge is 2.45. The lowest BCUT2D eigenvalue weighted by Gasteiger charge is -2.37. The number of benzene rings is 1. The summed E-state index contributed by atoms with van der Waals surface area (Å²) in [5.41, 5.74) is 2.53. The number of carboxylic acids is 1. The fourth-order valence-corrected chi connectivity index (χ4v) is 5.53. The molecule has 2 N–H and O–H groups in total. The van der Waals surface area contributed by atoms with Crippen LogP contribution in [0.15, 0.2) is 18.2 Å². The molecular weight excluding hydrogens is 438 g/mol. The van der Waals surface area contributed by atoms with E-state index >= 15 is 0 Å². The highest BCUT2D eigenvalue weighted by molar-refractivity contribution is 6.30. The minimum atomic E-state index is -0.690. The topological polar surface area (TPSA) is 72.9 Å². The number of carbonyl (C=O) groups is 2. The molecule has 1 aliphatic carbocycles. The molecule has 2 saturated heterocycles. The van der Waals surface area contributed by atoms with Gasteiger partial charge in [-0.2, -0.15) is 0 Å². The molecule has 2 aliphatic heterocycles. The Hall–Kier alpha value is -1.79. The van der Waals surface area contributed by atoms with Crippen molar-refractivity contribution in [2.75, 3.05) is 37.6 Å². The van der Waals surface area contributed by atoms with E-state index in [0.717, 1.165) is 57.7 Å². The molecule has 0 bridgehead atoms. The van der Waals surface area contributed by atoms with Crippen LogP contribution in [0.4, 0.5) is 5.69 Å². The molecule has 33 heavy (non-hydrogen) atoms. The number of piperidine rings is 2. The zero-order valence-electron chi connectivity index (χ0n) is 20.1. The van der Waals surface area contributed by atoms with E-state index in [2.05, 4.69) is 42.0 Å². The fourth-order valence-electron chi connectivity index (χ4n) is 5.36. The van der Waals surface area contributed by atoms with Crippen LogP contribution in [0.1, 0.15) is 64.4 Å². The highest BCUT2D eigenvalue weighted by atomic mass is 35.5. The smallest absolute Gasteiger partial charge is 0.306 e. The van der Waals surface area contributed by atoms with Crippen molar-refractivity contribution in [1.29, 1.82) is 0 Å². The maximum atomic E-state index is 13.0. The zero-order chi connectivity index (χ0) is 23.8.